The molecule has 0 aliphatic heterocycles. The molecule has 2 heteroatoms. The van der Waals surface area contributed by atoms with E-state index in [1.807, 2.05) is 0 Å². The molecule has 0 radical (unpaired) electrons. The average Bonchev–Trinajstić information content (AvgIpc) is 2.80. The molecular formula is C28H22N2. The predicted octanol–water partition coefficient (Wildman–Crippen LogP) is 7.52. The van der Waals surface area contributed by atoms with Crippen molar-refractivity contribution in [2.24, 2.45) is 9.98 Å². The molecule has 0 atom stereocenters. The first kappa shape index (κ1) is 18.3. The molecule has 0 saturated heterocycles. The van der Waals surface area contributed by atoms with Crippen LogP contribution in [0, 0.1) is 6.92 Å². The van der Waals surface area contributed by atoms with Crippen LogP contribution in [0.4, 0.5) is 5.69 Å². The molecule has 0 unspecified atom stereocenters. The van der Waals surface area contributed by atoms with Gasteiger partial charge in [0.15, 0.2) is 0 Å². The van der Waals surface area contributed by atoms with Gasteiger partial charge in [-0.3, -0.25) is 9.98 Å². The van der Waals surface area contributed by atoms with E-state index in [0.29, 0.717) is 0 Å². The number of hydrogen-bond acceptors (Lipinski definition) is 2. The van der Waals surface area contributed by atoms with Crippen LogP contribution in [-0.2, 0) is 0 Å². The lowest BCUT2D eigenvalue weighted by atomic mass is 9.92. The first-order valence-corrected chi connectivity index (χ1v) is 10.2. The van der Waals surface area contributed by atoms with Gasteiger partial charge in [-0.2, -0.15) is 0 Å². The zero-order valence-electron chi connectivity index (χ0n) is 17.1. The number of benzene rings is 5. The first-order chi connectivity index (χ1) is 14.8. The Kier molecular flexibility index (Phi) is 4.61. The summed E-state index contributed by atoms with van der Waals surface area (Å²) in [6.45, 7) is 2.10. The van der Waals surface area contributed by atoms with Crippen molar-refractivity contribution >= 4 is 50.4 Å². The number of aryl methyl sites for hydroxylation is 1. The lowest BCUT2D eigenvalue weighted by molar-refractivity contribution is 1.41. The fourth-order valence-electron chi connectivity index (χ4n) is 4.25. The van der Waals surface area contributed by atoms with E-state index >= 15 is 0 Å². The summed E-state index contributed by atoms with van der Waals surface area (Å²) >= 11 is 0. The van der Waals surface area contributed by atoms with Gasteiger partial charge in [0.25, 0.3) is 0 Å². The number of aliphatic imine (C=N–C) groups is 2. The highest BCUT2D eigenvalue weighted by molar-refractivity contribution is 6.25. The van der Waals surface area contributed by atoms with Gasteiger partial charge in [-0.15, -0.1) is 0 Å². The topological polar surface area (TPSA) is 24.7 Å². The van der Waals surface area contributed by atoms with Crippen molar-refractivity contribution in [3.8, 4) is 11.1 Å². The van der Waals surface area contributed by atoms with Crippen LogP contribution in [0.25, 0.3) is 43.4 Å². The van der Waals surface area contributed by atoms with Crippen LogP contribution in [0.15, 0.2) is 94.9 Å². The van der Waals surface area contributed by atoms with Crippen LogP contribution in [0.3, 0.4) is 0 Å². The second kappa shape index (κ2) is 7.57. The molecule has 0 spiro atoms. The predicted molar refractivity (Wildman–Crippen MR) is 132 cm³/mol. The van der Waals surface area contributed by atoms with Gasteiger partial charge < -0.3 is 0 Å². The Bertz CT molecular complexity index is 1420. The highest BCUT2D eigenvalue weighted by Gasteiger charge is 2.10. The molecule has 0 aliphatic carbocycles. The van der Waals surface area contributed by atoms with Gasteiger partial charge >= 0.3 is 0 Å². The Morgan fingerprint density at radius 2 is 1.10 bits per heavy atom. The SMILES string of the molecule is CN=CC=Nc1ccc(-c2ccc3c4ccccc4c4ccccc4c3c2)cc1C. The maximum Gasteiger partial charge on any atom is 0.0659 e. The summed E-state index contributed by atoms with van der Waals surface area (Å²) in [6.07, 6.45) is 3.43. The maximum atomic E-state index is 4.48. The molecular weight excluding hydrogens is 364 g/mol. The van der Waals surface area contributed by atoms with Gasteiger partial charge in [0, 0.05) is 19.5 Å². The smallest absolute Gasteiger partial charge is 0.0659 e. The molecule has 0 amide bonds. The molecule has 0 heterocycles. The fourth-order valence-corrected chi connectivity index (χ4v) is 4.25. The average molecular weight is 386 g/mol. The zero-order valence-corrected chi connectivity index (χ0v) is 17.1. The first-order valence-electron chi connectivity index (χ1n) is 10.2. The van der Waals surface area contributed by atoms with Crippen LogP contribution in [0.5, 0.6) is 0 Å². The molecule has 2 nitrogen and oxygen atoms in total. The van der Waals surface area contributed by atoms with Crippen molar-refractivity contribution in [3.63, 3.8) is 0 Å². The third kappa shape index (κ3) is 3.07. The molecule has 144 valence electrons. The van der Waals surface area contributed by atoms with Gasteiger partial charge in [-0.05, 0) is 74.1 Å². The summed E-state index contributed by atoms with van der Waals surface area (Å²) in [5.74, 6) is 0. The van der Waals surface area contributed by atoms with Crippen molar-refractivity contribution in [1.29, 1.82) is 0 Å². The van der Waals surface area contributed by atoms with E-state index in [2.05, 4.69) is 102 Å². The minimum absolute atomic E-state index is 0.968. The fraction of sp³-hybridized carbons (Fsp3) is 0.0714. The summed E-state index contributed by atoms with van der Waals surface area (Å²) < 4.78 is 0. The Labute approximate surface area is 176 Å². The molecule has 0 N–H and O–H groups in total. The summed E-state index contributed by atoms with van der Waals surface area (Å²) in [6, 6.07) is 30.6. The standard InChI is InChI=1S/C28H22N2/c1-19-17-20(12-14-28(19)30-16-15-29-2)21-11-13-26-24-9-4-3-7-22(24)23-8-5-6-10-25(23)27(26)18-21/h3-18H,1-2H3. The summed E-state index contributed by atoms with van der Waals surface area (Å²) in [5, 5.41) is 7.80. The van der Waals surface area contributed by atoms with E-state index < -0.39 is 0 Å². The Morgan fingerprint density at radius 1 is 0.567 bits per heavy atom. The molecule has 0 bridgehead atoms. The quantitative estimate of drug-likeness (QED) is 0.226. The summed E-state index contributed by atoms with van der Waals surface area (Å²) in [7, 11) is 1.74. The normalized spacial score (nSPS) is 12.1. The zero-order chi connectivity index (χ0) is 20.5. The molecule has 0 fully saturated rings. The van der Waals surface area contributed by atoms with E-state index in [1.54, 1.807) is 19.5 Å². The minimum atomic E-state index is 0.968. The van der Waals surface area contributed by atoms with Gasteiger partial charge in [-0.1, -0.05) is 66.7 Å². The van der Waals surface area contributed by atoms with E-state index in [-0.39, 0.29) is 0 Å². The van der Waals surface area contributed by atoms with Crippen molar-refractivity contribution in [2.75, 3.05) is 7.05 Å². The van der Waals surface area contributed by atoms with E-state index in [4.69, 9.17) is 0 Å². The van der Waals surface area contributed by atoms with E-state index in [0.717, 1.165) is 11.3 Å². The number of rotatable bonds is 3. The highest BCUT2D eigenvalue weighted by Crippen LogP contribution is 2.37. The van der Waals surface area contributed by atoms with Gasteiger partial charge in [-0.25, -0.2) is 0 Å². The van der Waals surface area contributed by atoms with E-state index in [9.17, 15) is 0 Å². The van der Waals surface area contributed by atoms with Crippen LogP contribution in [-0.4, -0.2) is 19.5 Å². The van der Waals surface area contributed by atoms with Crippen molar-refractivity contribution in [1.82, 2.24) is 0 Å². The summed E-state index contributed by atoms with van der Waals surface area (Å²) in [5.41, 5.74) is 4.54. The Morgan fingerprint density at radius 3 is 1.70 bits per heavy atom. The molecule has 0 saturated carbocycles. The third-order valence-electron chi connectivity index (χ3n) is 5.70. The number of hydrogen-bond donors (Lipinski definition) is 0. The second-order valence-corrected chi connectivity index (χ2v) is 7.54. The van der Waals surface area contributed by atoms with Crippen LogP contribution in [0.1, 0.15) is 5.56 Å². The summed E-state index contributed by atoms with van der Waals surface area (Å²) in [4.78, 5) is 8.43. The van der Waals surface area contributed by atoms with Crippen molar-refractivity contribution in [2.45, 2.75) is 6.92 Å². The minimum Gasteiger partial charge on any atom is -0.295 e. The molecule has 5 aromatic rings. The molecule has 0 aliphatic rings. The molecule has 0 aromatic heterocycles. The maximum absolute atomic E-state index is 4.48. The third-order valence-corrected chi connectivity index (χ3v) is 5.70. The monoisotopic (exact) mass is 386 g/mol. The molecule has 5 aromatic carbocycles. The second-order valence-electron chi connectivity index (χ2n) is 7.54. The molecule has 30 heavy (non-hydrogen) atoms. The van der Waals surface area contributed by atoms with Crippen molar-refractivity contribution in [3.05, 3.63) is 90.5 Å². The van der Waals surface area contributed by atoms with E-state index in [1.165, 1.54) is 43.4 Å². The number of fused-ring (bicyclic) bond motifs is 6. The lowest BCUT2D eigenvalue weighted by Gasteiger charge is -2.12. The largest absolute Gasteiger partial charge is 0.295 e. The molecule has 5 rings (SSSR count). The highest BCUT2D eigenvalue weighted by atomic mass is 14.7. The van der Waals surface area contributed by atoms with Gasteiger partial charge in [0.05, 0.1) is 5.69 Å². The van der Waals surface area contributed by atoms with Gasteiger partial charge in [0.1, 0.15) is 0 Å². The van der Waals surface area contributed by atoms with Crippen LogP contribution in [0.2, 0.25) is 0 Å². The van der Waals surface area contributed by atoms with Gasteiger partial charge in [0.2, 0.25) is 0 Å². The van der Waals surface area contributed by atoms with Crippen LogP contribution < -0.4 is 0 Å². The Balaban J connectivity index is 1.72. The number of nitrogens with zero attached hydrogens (tertiary/aromatic N) is 2. The lowest BCUT2D eigenvalue weighted by Crippen LogP contribution is -1.86. The Hall–Kier alpha value is -3.78. The van der Waals surface area contributed by atoms with Crippen LogP contribution >= 0.6 is 0 Å². The van der Waals surface area contributed by atoms with Crippen molar-refractivity contribution < 1.29 is 0 Å².